The highest BCUT2D eigenvalue weighted by Gasteiger charge is 2.32. The van der Waals surface area contributed by atoms with Crippen LogP contribution in [0.25, 0.3) is 0 Å². The molecule has 0 bridgehead atoms. The van der Waals surface area contributed by atoms with Gasteiger partial charge in [-0.25, -0.2) is 17.5 Å². The van der Waals surface area contributed by atoms with Crippen LogP contribution in [0.3, 0.4) is 0 Å². The number of hydrogen-bond acceptors (Lipinski definition) is 5. The molecule has 1 fully saturated rings. The van der Waals surface area contributed by atoms with Crippen molar-refractivity contribution < 1.29 is 30.4 Å². The van der Waals surface area contributed by atoms with Gasteiger partial charge in [0.2, 0.25) is 10.0 Å². The van der Waals surface area contributed by atoms with Gasteiger partial charge in [-0.3, -0.25) is 4.90 Å². The largest absolute Gasteiger partial charge is 0.468 e. The van der Waals surface area contributed by atoms with E-state index in [1.54, 1.807) is 24.3 Å². The summed E-state index contributed by atoms with van der Waals surface area (Å²) in [6, 6.07) is 12.8. The highest BCUT2D eigenvalue weighted by atomic mass is 32.2. The molecule has 0 saturated carbocycles. The third kappa shape index (κ3) is 5.60. The van der Waals surface area contributed by atoms with Crippen LogP contribution in [0, 0.1) is 5.82 Å². The normalized spacial score (nSPS) is 16.5. The van der Waals surface area contributed by atoms with Crippen LogP contribution in [0.2, 0.25) is 0 Å². The zero-order valence-corrected chi connectivity index (χ0v) is 18.8. The van der Waals surface area contributed by atoms with Gasteiger partial charge in [0.25, 0.3) is 0 Å². The van der Waals surface area contributed by atoms with Crippen molar-refractivity contribution in [2.75, 3.05) is 37.6 Å². The molecule has 1 unspecified atom stereocenters. The van der Waals surface area contributed by atoms with Crippen LogP contribution in [-0.2, 0) is 16.2 Å². The van der Waals surface area contributed by atoms with E-state index >= 15 is 0 Å². The highest BCUT2D eigenvalue weighted by Crippen LogP contribution is 2.31. The Hall–Kier alpha value is -2.89. The summed E-state index contributed by atoms with van der Waals surface area (Å²) in [4.78, 5) is 3.69. The molecule has 1 aliphatic heterocycles. The zero-order chi connectivity index (χ0) is 24.3. The van der Waals surface area contributed by atoms with Gasteiger partial charge in [-0.1, -0.05) is 6.07 Å². The van der Waals surface area contributed by atoms with Crippen LogP contribution in [0.15, 0.2) is 76.2 Å². The lowest BCUT2D eigenvalue weighted by Gasteiger charge is -2.39. The standard InChI is InChI=1S/C23H23F4N3O3S/c24-18-6-8-19(9-7-18)29-10-12-30(13-11-29)21(22-5-2-14-33-22)16-28-34(31,32)20-4-1-3-17(15-20)23(25,26)27/h1-9,14-15,21,28H,10-13,16H2. The molecule has 34 heavy (non-hydrogen) atoms. The smallest absolute Gasteiger partial charge is 0.416 e. The van der Waals surface area contributed by atoms with Crippen molar-refractivity contribution in [3.8, 4) is 0 Å². The number of nitrogens with one attached hydrogen (secondary N) is 1. The van der Waals surface area contributed by atoms with Gasteiger partial charge in [-0.15, -0.1) is 0 Å². The molecule has 0 amide bonds. The minimum absolute atomic E-state index is 0.0807. The van der Waals surface area contributed by atoms with Crippen LogP contribution in [0.4, 0.5) is 23.2 Å². The molecule has 2 heterocycles. The number of furan rings is 1. The van der Waals surface area contributed by atoms with Crippen molar-refractivity contribution in [3.63, 3.8) is 0 Å². The van der Waals surface area contributed by atoms with Crippen molar-refractivity contribution in [3.05, 3.63) is 84.1 Å². The maximum Gasteiger partial charge on any atom is 0.416 e. The average molecular weight is 498 g/mol. The summed E-state index contributed by atoms with van der Waals surface area (Å²) in [5.41, 5.74) is -0.143. The van der Waals surface area contributed by atoms with E-state index in [2.05, 4.69) is 9.62 Å². The first-order valence-corrected chi connectivity index (χ1v) is 12.1. The monoisotopic (exact) mass is 497 g/mol. The highest BCUT2D eigenvalue weighted by molar-refractivity contribution is 7.89. The molecule has 0 aliphatic carbocycles. The van der Waals surface area contributed by atoms with Crippen molar-refractivity contribution in [2.45, 2.75) is 17.1 Å². The van der Waals surface area contributed by atoms with Crippen molar-refractivity contribution in [1.29, 1.82) is 0 Å². The molecule has 2 aromatic carbocycles. The number of piperazine rings is 1. The fourth-order valence-corrected chi connectivity index (χ4v) is 5.03. The van der Waals surface area contributed by atoms with Crippen LogP contribution >= 0.6 is 0 Å². The maximum absolute atomic E-state index is 13.2. The van der Waals surface area contributed by atoms with E-state index in [1.807, 2.05) is 4.90 Å². The number of halogens is 4. The van der Waals surface area contributed by atoms with Crippen molar-refractivity contribution >= 4 is 15.7 Å². The van der Waals surface area contributed by atoms with Gasteiger partial charge in [0.15, 0.2) is 0 Å². The molecular formula is C23H23F4N3O3S. The molecule has 6 nitrogen and oxygen atoms in total. The van der Waals surface area contributed by atoms with Crippen LogP contribution in [-0.4, -0.2) is 46.0 Å². The molecule has 1 N–H and O–H groups in total. The topological polar surface area (TPSA) is 65.8 Å². The third-order valence-corrected chi connectivity index (χ3v) is 7.18. The molecule has 3 aromatic rings. The summed E-state index contributed by atoms with van der Waals surface area (Å²) in [5, 5.41) is 0. The van der Waals surface area contributed by atoms with E-state index in [0.717, 1.165) is 23.9 Å². The summed E-state index contributed by atoms with van der Waals surface area (Å²) < 4.78 is 85.8. The summed E-state index contributed by atoms with van der Waals surface area (Å²) in [6.45, 7) is 2.33. The summed E-state index contributed by atoms with van der Waals surface area (Å²) in [5.74, 6) is 0.232. The van der Waals surface area contributed by atoms with Crippen LogP contribution in [0.5, 0.6) is 0 Å². The molecule has 1 aromatic heterocycles. The second-order valence-corrected chi connectivity index (χ2v) is 9.68. The first-order chi connectivity index (χ1) is 16.1. The molecule has 1 atom stereocenters. The van der Waals surface area contributed by atoms with E-state index in [0.29, 0.717) is 38.0 Å². The molecule has 0 radical (unpaired) electrons. The summed E-state index contributed by atoms with van der Waals surface area (Å²) in [7, 11) is -4.19. The fourth-order valence-electron chi connectivity index (χ4n) is 3.95. The van der Waals surface area contributed by atoms with Gasteiger partial charge in [0.1, 0.15) is 11.6 Å². The Bertz CT molecular complexity index is 1190. The van der Waals surface area contributed by atoms with Gasteiger partial charge in [-0.2, -0.15) is 13.2 Å². The van der Waals surface area contributed by atoms with E-state index in [4.69, 9.17) is 4.42 Å². The predicted molar refractivity (Wildman–Crippen MR) is 118 cm³/mol. The zero-order valence-electron chi connectivity index (χ0n) is 18.0. The van der Waals surface area contributed by atoms with E-state index < -0.39 is 32.7 Å². The van der Waals surface area contributed by atoms with Gasteiger partial charge in [-0.05, 0) is 54.6 Å². The first-order valence-electron chi connectivity index (χ1n) is 10.6. The lowest BCUT2D eigenvalue weighted by atomic mass is 10.1. The lowest BCUT2D eigenvalue weighted by molar-refractivity contribution is -0.137. The Morgan fingerprint density at radius 2 is 1.68 bits per heavy atom. The number of sulfonamides is 1. The molecule has 11 heteroatoms. The lowest BCUT2D eigenvalue weighted by Crippen LogP contribution is -2.49. The molecule has 1 saturated heterocycles. The SMILES string of the molecule is O=S(=O)(NCC(c1ccco1)N1CCN(c2ccc(F)cc2)CC1)c1cccc(C(F)(F)F)c1. The van der Waals surface area contributed by atoms with Gasteiger partial charge in [0.05, 0.1) is 22.8 Å². The Morgan fingerprint density at radius 3 is 2.29 bits per heavy atom. The number of anilines is 1. The molecular weight excluding hydrogens is 474 g/mol. The van der Waals surface area contributed by atoms with Crippen molar-refractivity contribution in [2.24, 2.45) is 0 Å². The molecule has 0 spiro atoms. The minimum atomic E-state index is -4.65. The summed E-state index contributed by atoms with van der Waals surface area (Å²) >= 11 is 0. The second kappa shape index (κ2) is 9.77. The van der Waals surface area contributed by atoms with Crippen LogP contribution in [0.1, 0.15) is 17.4 Å². The number of benzene rings is 2. The summed E-state index contributed by atoms with van der Waals surface area (Å²) in [6.07, 6.45) is -3.16. The van der Waals surface area contributed by atoms with Gasteiger partial charge >= 0.3 is 6.18 Å². The molecule has 4 rings (SSSR count). The Kier molecular flexibility index (Phi) is 6.96. The Labute approximate surface area is 194 Å². The quantitative estimate of drug-likeness (QED) is 0.494. The second-order valence-electron chi connectivity index (χ2n) is 7.91. The van der Waals surface area contributed by atoms with Crippen molar-refractivity contribution in [1.82, 2.24) is 9.62 Å². The van der Waals surface area contributed by atoms with E-state index in [1.165, 1.54) is 18.4 Å². The Balaban J connectivity index is 1.46. The fraction of sp³-hybridized carbons (Fsp3) is 0.304. The maximum atomic E-state index is 13.2. The van der Waals surface area contributed by atoms with E-state index in [9.17, 15) is 26.0 Å². The van der Waals surface area contributed by atoms with E-state index in [-0.39, 0.29) is 12.4 Å². The minimum Gasteiger partial charge on any atom is -0.468 e. The number of hydrogen-bond donors (Lipinski definition) is 1. The average Bonchev–Trinajstić information content (AvgIpc) is 3.34. The Morgan fingerprint density at radius 1 is 0.971 bits per heavy atom. The number of nitrogens with zero attached hydrogens (tertiary/aromatic N) is 2. The third-order valence-electron chi connectivity index (χ3n) is 5.76. The van der Waals surface area contributed by atoms with Gasteiger partial charge in [0, 0.05) is 38.4 Å². The number of alkyl halides is 3. The van der Waals surface area contributed by atoms with Crippen LogP contribution < -0.4 is 9.62 Å². The number of rotatable bonds is 7. The molecule has 182 valence electrons. The predicted octanol–water partition coefficient (Wildman–Crippen LogP) is 4.28. The van der Waals surface area contributed by atoms with Gasteiger partial charge < -0.3 is 9.32 Å². The first kappa shape index (κ1) is 24.2. The molecule has 1 aliphatic rings.